The molecule has 0 saturated heterocycles. The van der Waals surface area contributed by atoms with Gasteiger partial charge in [-0.3, -0.25) is 4.79 Å². The Hall–Kier alpha value is -3.48. The number of rotatable bonds is 8. The Morgan fingerprint density at radius 2 is 1.63 bits per heavy atom. The molecular weight excluding hydrogens is 645 g/mol. The molecule has 1 unspecified atom stereocenters. The number of carbonyl (C=O) groups is 1. The number of aliphatic hydroxyl groups is 1. The van der Waals surface area contributed by atoms with Gasteiger partial charge in [-0.15, -0.1) is 0 Å². The van der Waals surface area contributed by atoms with Gasteiger partial charge in [0.2, 0.25) is 11.8 Å². The number of halogens is 5. The summed E-state index contributed by atoms with van der Waals surface area (Å²) in [6, 6.07) is 6.99. The highest BCUT2D eigenvalue weighted by Crippen LogP contribution is 2.67. The molecule has 1 aromatic carbocycles. The number of alkyl halides is 5. The number of benzene rings is 1. The number of hydrogen-bond donors (Lipinski definition) is 2. The van der Waals surface area contributed by atoms with E-state index in [0.29, 0.717) is 18.8 Å². The molecule has 2 aromatic heterocycles. The predicted molar refractivity (Wildman–Crippen MR) is 166 cm³/mol. The van der Waals surface area contributed by atoms with Crippen molar-refractivity contribution in [3.05, 3.63) is 59.8 Å². The van der Waals surface area contributed by atoms with Gasteiger partial charge >= 0.3 is 6.18 Å². The van der Waals surface area contributed by atoms with Crippen molar-refractivity contribution < 1.29 is 36.4 Å². The summed E-state index contributed by atoms with van der Waals surface area (Å²) in [6.07, 6.45) is 4.50. The molecule has 6 fully saturated rings. The molecule has 6 saturated carbocycles. The van der Waals surface area contributed by atoms with Crippen LogP contribution < -0.4 is 5.32 Å². The fraction of sp³-hybridized carbons (Fsp3) is 0.639. The van der Waals surface area contributed by atoms with Crippen LogP contribution in [0.25, 0.3) is 11.1 Å². The number of aromatic nitrogens is 4. The van der Waals surface area contributed by atoms with E-state index in [1.54, 1.807) is 12.4 Å². The second kappa shape index (κ2) is 11.5. The molecule has 13 heteroatoms. The highest BCUT2D eigenvalue weighted by Gasteiger charge is 2.69. The van der Waals surface area contributed by atoms with Crippen LogP contribution in [-0.4, -0.2) is 48.8 Å². The third kappa shape index (κ3) is 5.54. The van der Waals surface area contributed by atoms with E-state index in [2.05, 4.69) is 25.4 Å². The van der Waals surface area contributed by atoms with E-state index < -0.39 is 59.8 Å². The molecule has 2 bridgehead atoms. The molecule has 0 aliphatic heterocycles. The zero-order chi connectivity index (χ0) is 34.2. The minimum absolute atomic E-state index is 0.0298. The molecule has 262 valence electrons. The molecule has 0 spiro atoms. The van der Waals surface area contributed by atoms with Gasteiger partial charge < -0.3 is 14.9 Å². The zero-order valence-electron chi connectivity index (χ0n) is 27.1. The fourth-order valence-corrected chi connectivity index (χ4v) is 9.02. The largest absolute Gasteiger partial charge is 0.417 e. The van der Waals surface area contributed by atoms with E-state index in [9.17, 15) is 23.1 Å². The molecule has 8 nitrogen and oxygen atoms in total. The Labute approximate surface area is 280 Å². The Morgan fingerprint density at radius 3 is 2.27 bits per heavy atom. The Morgan fingerprint density at radius 1 is 0.939 bits per heavy atom. The molecule has 3 aromatic rings. The first-order chi connectivity index (χ1) is 23.3. The summed E-state index contributed by atoms with van der Waals surface area (Å²) < 4.78 is 78.2. The van der Waals surface area contributed by atoms with Crippen molar-refractivity contribution in [2.45, 2.75) is 131 Å². The number of hydrogen-bond acceptors (Lipinski definition) is 7. The van der Waals surface area contributed by atoms with E-state index >= 15 is 8.78 Å². The SMILES string of the molecule is O=C(NC(c1cccc(-c2cnc(C3CC3)nc2)c1)C12CCC(c3noc(C4CC(O)(C(F)(F)F)C4)n3)(CC1)C(F)(F)C2)C1CCCCC1. The standard InChI is InChI=1S/C36H40F5N5O3/c37-35(38)20-32(11-13-33(35,14-12-32)31-45-30(49-46-31)25-16-34(48,17-25)36(39,40)41)27(44-29(47)22-5-2-1-3-6-22)24-8-4-7-23(15-24)26-18-42-28(43-19-26)21-9-10-21/h4,7-8,15,18-19,21-22,25,27,48H,1-3,5-6,9-14,16-17,20H2,(H,44,47). The molecule has 0 radical (unpaired) electrons. The maximum Gasteiger partial charge on any atom is 0.417 e. The van der Waals surface area contributed by atoms with E-state index in [-0.39, 0.29) is 36.4 Å². The quantitative estimate of drug-likeness (QED) is 0.232. The van der Waals surface area contributed by atoms with E-state index in [0.717, 1.165) is 67.5 Å². The number of nitrogens with zero attached hydrogens (tertiary/aromatic N) is 4. The van der Waals surface area contributed by atoms with Crippen LogP contribution in [0, 0.1) is 11.3 Å². The van der Waals surface area contributed by atoms with Crippen molar-refractivity contribution in [3.63, 3.8) is 0 Å². The Bertz CT molecular complexity index is 1700. The Kier molecular flexibility index (Phi) is 7.70. The maximum absolute atomic E-state index is 16.7. The lowest BCUT2D eigenvalue weighted by molar-refractivity contribution is -0.292. The summed E-state index contributed by atoms with van der Waals surface area (Å²) in [5.41, 5.74) is -3.13. The Balaban J connectivity index is 1.08. The third-order valence-electron chi connectivity index (χ3n) is 12.3. The van der Waals surface area contributed by atoms with E-state index in [4.69, 9.17) is 4.52 Å². The molecule has 6 aliphatic rings. The fourth-order valence-electron chi connectivity index (χ4n) is 9.02. The number of nitrogens with one attached hydrogen (secondary N) is 1. The van der Waals surface area contributed by atoms with Gasteiger partial charge in [0.05, 0.1) is 11.5 Å². The summed E-state index contributed by atoms with van der Waals surface area (Å²) >= 11 is 0. The topological polar surface area (TPSA) is 114 Å². The highest BCUT2D eigenvalue weighted by atomic mass is 19.4. The summed E-state index contributed by atoms with van der Waals surface area (Å²) in [6.45, 7) is 0. The van der Waals surface area contributed by atoms with Crippen LogP contribution in [0.3, 0.4) is 0 Å². The average Bonchev–Trinajstić information content (AvgIpc) is 3.81. The first-order valence-corrected chi connectivity index (χ1v) is 17.6. The zero-order valence-corrected chi connectivity index (χ0v) is 27.1. The molecule has 9 rings (SSSR count). The van der Waals surface area contributed by atoms with Crippen molar-refractivity contribution in [2.24, 2.45) is 11.3 Å². The first kappa shape index (κ1) is 32.7. The number of fused-ring (bicyclic) bond motifs is 3. The van der Waals surface area contributed by atoms with Crippen LogP contribution in [0.15, 0.2) is 41.2 Å². The summed E-state index contributed by atoms with van der Waals surface area (Å²) in [7, 11) is 0. The number of carbonyl (C=O) groups excluding carboxylic acids is 1. The van der Waals surface area contributed by atoms with Crippen LogP contribution >= 0.6 is 0 Å². The minimum Gasteiger partial charge on any atom is -0.380 e. The monoisotopic (exact) mass is 685 g/mol. The molecule has 2 heterocycles. The lowest BCUT2D eigenvalue weighted by atomic mass is 9.49. The van der Waals surface area contributed by atoms with Crippen molar-refractivity contribution in [2.75, 3.05) is 0 Å². The minimum atomic E-state index is -4.80. The van der Waals surface area contributed by atoms with Gasteiger partial charge in [0.15, 0.2) is 11.4 Å². The molecule has 1 atom stereocenters. The van der Waals surface area contributed by atoms with Crippen LogP contribution in [0.5, 0.6) is 0 Å². The van der Waals surface area contributed by atoms with Gasteiger partial charge in [0.25, 0.3) is 5.92 Å². The van der Waals surface area contributed by atoms with Gasteiger partial charge in [-0.05, 0) is 81.4 Å². The smallest absolute Gasteiger partial charge is 0.380 e. The summed E-state index contributed by atoms with van der Waals surface area (Å²) in [5, 5.41) is 17.1. The first-order valence-electron chi connectivity index (χ1n) is 17.6. The van der Waals surface area contributed by atoms with Crippen LogP contribution in [0.1, 0.15) is 131 Å². The van der Waals surface area contributed by atoms with Gasteiger partial charge in [-0.25, -0.2) is 18.7 Å². The molecule has 49 heavy (non-hydrogen) atoms. The van der Waals surface area contributed by atoms with E-state index in [1.807, 2.05) is 24.3 Å². The summed E-state index contributed by atoms with van der Waals surface area (Å²) in [5.74, 6) is -3.50. The van der Waals surface area contributed by atoms with Crippen molar-refractivity contribution in [3.8, 4) is 11.1 Å². The maximum atomic E-state index is 16.7. The molecule has 2 N–H and O–H groups in total. The van der Waals surface area contributed by atoms with Crippen LogP contribution in [0.4, 0.5) is 22.0 Å². The summed E-state index contributed by atoms with van der Waals surface area (Å²) in [4.78, 5) is 27.1. The second-order valence-corrected chi connectivity index (χ2v) is 15.4. The molecule has 1 amide bonds. The van der Waals surface area contributed by atoms with E-state index in [1.165, 1.54) is 0 Å². The van der Waals surface area contributed by atoms with Gasteiger partial charge in [0, 0.05) is 47.5 Å². The number of amides is 1. The predicted octanol–water partition coefficient (Wildman–Crippen LogP) is 7.85. The van der Waals surface area contributed by atoms with Crippen molar-refractivity contribution in [1.29, 1.82) is 0 Å². The lowest BCUT2D eigenvalue weighted by Gasteiger charge is -2.58. The second-order valence-electron chi connectivity index (χ2n) is 15.4. The average molecular weight is 686 g/mol. The highest BCUT2D eigenvalue weighted by molar-refractivity contribution is 5.79. The van der Waals surface area contributed by atoms with Gasteiger partial charge in [0.1, 0.15) is 5.82 Å². The molecule has 6 aliphatic carbocycles. The van der Waals surface area contributed by atoms with Crippen molar-refractivity contribution >= 4 is 5.91 Å². The molecular formula is C36H40F5N5O3. The van der Waals surface area contributed by atoms with Gasteiger partial charge in [-0.1, -0.05) is 42.6 Å². The normalized spacial score (nSPS) is 32.0. The lowest BCUT2D eigenvalue weighted by Crippen LogP contribution is -2.61. The third-order valence-corrected chi connectivity index (χ3v) is 12.3. The van der Waals surface area contributed by atoms with Crippen molar-refractivity contribution in [1.82, 2.24) is 25.4 Å². The van der Waals surface area contributed by atoms with Crippen LogP contribution in [0.2, 0.25) is 0 Å². The van der Waals surface area contributed by atoms with Crippen LogP contribution in [-0.2, 0) is 10.2 Å². The van der Waals surface area contributed by atoms with Gasteiger partial charge in [-0.2, -0.15) is 18.2 Å².